The molecule has 1 aliphatic carbocycles. The van der Waals surface area contributed by atoms with Gasteiger partial charge in [0.05, 0.1) is 5.56 Å². The first-order valence-corrected chi connectivity index (χ1v) is 6.87. The number of nitrogens with zero attached hydrogens (tertiary/aromatic N) is 2. The minimum atomic E-state index is -4.45. The van der Waals surface area contributed by atoms with Crippen molar-refractivity contribution in [2.45, 2.75) is 31.5 Å². The maximum Gasteiger partial charge on any atom is 0.417 e. The standard InChI is InChI=1S/C13H14ClF3N2O/c14-6-7-19(10-2-1-3-10)12(20)11-5-4-9(8-18-11)13(15,16)17/h4-5,8,10H,1-3,6-7H2. The van der Waals surface area contributed by atoms with Gasteiger partial charge < -0.3 is 4.90 Å². The van der Waals surface area contributed by atoms with Gasteiger partial charge in [0.25, 0.3) is 5.91 Å². The number of carbonyl (C=O) groups excluding carboxylic acids is 1. The van der Waals surface area contributed by atoms with E-state index >= 15 is 0 Å². The highest BCUT2D eigenvalue weighted by molar-refractivity contribution is 6.18. The molecule has 1 aromatic heterocycles. The minimum absolute atomic E-state index is 0.0232. The fourth-order valence-electron chi connectivity index (χ4n) is 2.07. The van der Waals surface area contributed by atoms with Crippen LogP contribution in [0.5, 0.6) is 0 Å². The summed E-state index contributed by atoms with van der Waals surface area (Å²) in [5.41, 5.74) is -0.836. The number of hydrogen-bond acceptors (Lipinski definition) is 2. The first-order chi connectivity index (χ1) is 9.43. The molecule has 20 heavy (non-hydrogen) atoms. The number of halogens is 4. The van der Waals surface area contributed by atoms with Crippen molar-refractivity contribution in [3.05, 3.63) is 29.6 Å². The highest BCUT2D eigenvalue weighted by Gasteiger charge is 2.32. The molecule has 0 aliphatic heterocycles. The number of amides is 1. The summed E-state index contributed by atoms with van der Waals surface area (Å²) in [4.78, 5) is 17.5. The van der Waals surface area contributed by atoms with E-state index in [1.54, 1.807) is 4.90 Å². The molecule has 1 saturated carbocycles. The average Bonchev–Trinajstić information content (AvgIpc) is 2.34. The smallest absolute Gasteiger partial charge is 0.333 e. The van der Waals surface area contributed by atoms with Crippen LogP contribution in [0, 0.1) is 0 Å². The maximum atomic E-state index is 12.4. The van der Waals surface area contributed by atoms with Crippen LogP contribution < -0.4 is 0 Å². The molecule has 3 nitrogen and oxygen atoms in total. The molecule has 7 heteroatoms. The van der Waals surface area contributed by atoms with E-state index in [0.29, 0.717) is 18.6 Å². The Labute approximate surface area is 119 Å². The number of rotatable bonds is 4. The van der Waals surface area contributed by atoms with Crippen molar-refractivity contribution in [3.8, 4) is 0 Å². The lowest BCUT2D eigenvalue weighted by molar-refractivity contribution is -0.137. The monoisotopic (exact) mass is 306 g/mol. The Balaban J connectivity index is 2.14. The zero-order chi connectivity index (χ0) is 14.8. The van der Waals surface area contributed by atoms with Crippen molar-refractivity contribution in [1.82, 2.24) is 9.88 Å². The lowest BCUT2D eigenvalue weighted by Crippen LogP contribution is -2.45. The van der Waals surface area contributed by atoms with Gasteiger partial charge in [-0.15, -0.1) is 11.6 Å². The van der Waals surface area contributed by atoms with E-state index in [-0.39, 0.29) is 17.6 Å². The highest BCUT2D eigenvalue weighted by Crippen LogP contribution is 2.29. The summed E-state index contributed by atoms with van der Waals surface area (Å²) in [6.07, 6.45) is -0.894. The minimum Gasteiger partial charge on any atom is -0.333 e. The molecule has 2 rings (SSSR count). The molecule has 1 aliphatic rings. The molecule has 0 aromatic carbocycles. The zero-order valence-electron chi connectivity index (χ0n) is 10.7. The lowest BCUT2D eigenvalue weighted by Gasteiger charge is -2.37. The highest BCUT2D eigenvalue weighted by atomic mass is 35.5. The molecule has 110 valence electrons. The van der Waals surface area contributed by atoms with Crippen LogP contribution in [0.15, 0.2) is 18.3 Å². The number of pyridine rings is 1. The van der Waals surface area contributed by atoms with Gasteiger partial charge in [-0.1, -0.05) is 0 Å². The molecule has 0 atom stereocenters. The number of alkyl halides is 4. The third kappa shape index (κ3) is 3.23. The van der Waals surface area contributed by atoms with Gasteiger partial charge in [0.1, 0.15) is 5.69 Å². The molecule has 0 radical (unpaired) electrons. The van der Waals surface area contributed by atoms with Crippen LogP contribution >= 0.6 is 11.6 Å². The summed E-state index contributed by atoms with van der Waals surface area (Å²) in [7, 11) is 0. The van der Waals surface area contributed by atoms with E-state index in [1.165, 1.54) is 0 Å². The van der Waals surface area contributed by atoms with E-state index in [1.807, 2.05) is 0 Å². The second-order valence-electron chi connectivity index (χ2n) is 4.70. The summed E-state index contributed by atoms with van der Waals surface area (Å²) >= 11 is 5.67. The van der Waals surface area contributed by atoms with E-state index in [4.69, 9.17) is 11.6 Å². The molecular formula is C13H14ClF3N2O. The molecule has 0 bridgehead atoms. The van der Waals surface area contributed by atoms with Crippen LogP contribution in [0.25, 0.3) is 0 Å². The summed E-state index contributed by atoms with van der Waals surface area (Å²) < 4.78 is 37.3. The van der Waals surface area contributed by atoms with Crippen molar-refractivity contribution < 1.29 is 18.0 Å². The molecule has 0 unspecified atom stereocenters. The maximum absolute atomic E-state index is 12.4. The van der Waals surface area contributed by atoms with Crippen LogP contribution in [0.4, 0.5) is 13.2 Å². The van der Waals surface area contributed by atoms with Crippen LogP contribution in [-0.4, -0.2) is 34.3 Å². The Kier molecular flexibility index (Phi) is 4.52. The summed E-state index contributed by atoms with van der Waals surface area (Å²) in [6, 6.07) is 2.12. The summed E-state index contributed by atoms with van der Waals surface area (Å²) in [5, 5.41) is 0. The largest absolute Gasteiger partial charge is 0.417 e. The second kappa shape index (κ2) is 5.99. The molecule has 1 fully saturated rings. The fourth-order valence-corrected chi connectivity index (χ4v) is 2.26. The van der Waals surface area contributed by atoms with Crippen LogP contribution in [0.1, 0.15) is 35.3 Å². The third-order valence-electron chi connectivity index (χ3n) is 3.41. The van der Waals surface area contributed by atoms with E-state index in [2.05, 4.69) is 4.98 Å². The van der Waals surface area contributed by atoms with Gasteiger partial charge in [0.15, 0.2) is 0 Å². The Morgan fingerprint density at radius 3 is 2.50 bits per heavy atom. The molecule has 1 aromatic rings. The molecule has 0 spiro atoms. The van der Waals surface area contributed by atoms with E-state index in [9.17, 15) is 18.0 Å². The van der Waals surface area contributed by atoms with Gasteiger partial charge in [-0.3, -0.25) is 9.78 Å². The van der Waals surface area contributed by atoms with Crippen molar-refractivity contribution in [2.24, 2.45) is 0 Å². The predicted molar refractivity (Wildman–Crippen MR) is 68.6 cm³/mol. The van der Waals surface area contributed by atoms with Crippen LogP contribution in [-0.2, 0) is 6.18 Å². The first-order valence-electron chi connectivity index (χ1n) is 6.33. The number of hydrogen-bond donors (Lipinski definition) is 0. The van der Waals surface area contributed by atoms with Gasteiger partial charge in [0.2, 0.25) is 0 Å². The van der Waals surface area contributed by atoms with Crippen molar-refractivity contribution >= 4 is 17.5 Å². The Morgan fingerprint density at radius 2 is 2.10 bits per heavy atom. The van der Waals surface area contributed by atoms with Crippen LogP contribution in [0.3, 0.4) is 0 Å². The van der Waals surface area contributed by atoms with Crippen molar-refractivity contribution in [3.63, 3.8) is 0 Å². The van der Waals surface area contributed by atoms with Crippen molar-refractivity contribution in [2.75, 3.05) is 12.4 Å². The van der Waals surface area contributed by atoms with Crippen molar-refractivity contribution in [1.29, 1.82) is 0 Å². The Hall–Kier alpha value is -1.30. The molecular weight excluding hydrogens is 293 g/mol. The Bertz CT molecular complexity index is 471. The normalized spacial score (nSPS) is 15.8. The van der Waals surface area contributed by atoms with E-state index < -0.39 is 11.7 Å². The summed E-state index contributed by atoms with van der Waals surface area (Å²) in [5.74, 6) is -0.0628. The quantitative estimate of drug-likeness (QED) is 0.799. The Morgan fingerprint density at radius 1 is 1.40 bits per heavy atom. The number of aromatic nitrogens is 1. The average molecular weight is 307 g/mol. The SMILES string of the molecule is O=C(c1ccc(C(F)(F)F)cn1)N(CCCl)C1CCC1. The fraction of sp³-hybridized carbons (Fsp3) is 0.538. The zero-order valence-corrected chi connectivity index (χ0v) is 11.4. The van der Waals surface area contributed by atoms with Gasteiger partial charge in [0, 0.05) is 24.7 Å². The number of carbonyl (C=O) groups is 1. The topological polar surface area (TPSA) is 33.2 Å². The molecule has 1 heterocycles. The van der Waals surface area contributed by atoms with Gasteiger partial charge in [-0.2, -0.15) is 13.2 Å². The molecule has 1 amide bonds. The van der Waals surface area contributed by atoms with Crippen LogP contribution in [0.2, 0.25) is 0 Å². The summed E-state index contributed by atoms with van der Waals surface area (Å²) in [6.45, 7) is 0.383. The van der Waals surface area contributed by atoms with E-state index in [0.717, 1.165) is 31.4 Å². The molecule has 0 saturated heterocycles. The van der Waals surface area contributed by atoms with Gasteiger partial charge in [-0.25, -0.2) is 0 Å². The predicted octanol–water partition coefficient (Wildman–Crippen LogP) is 3.33. The van der Waals surface area contributed by atoms with Gasteiger partial charge in [-0.05, 0) is 31.4 Å². The molecule has 0 N–H and O–H groups in total. The lowest BCUT2D eigenvalue weighted by atomic mass is 9.91. The first kappa shape index (κ1) is 15.1. The third-order valence-corrected chi connectivity index (χ3v) is 3.58. The van der Waals surface area contributed by atoms with Gasteiger partial charge >= 0.3 is 6.18 Å². The second-order valence-corrected chi connectivity index (χ2v) is 5.08.